The van der Waals surface area contributed by atoms with Crippen LogP contribution < -0.4 is 16.0 Å². The molecule has 1 aromatic rings. The normalized spacial score (nSPS) is 19.2. The van der Waals surface area contributed by atoms with Crippen LogP contribution in [0.5, 0.6) is 0 Å². The first-order valence-electron chi connectivity index (χ1n) is 6.01. The zero-order valence-corrected chi connectivity index (χ0v) is 11.7. The van der Waals surface area contributed by atoms with Gasteiger partial charge >= 0.3 is 0 Å². The van der Waals surface area contributed by atoms with Crippen LogP contribution in [-0.2, 0) is 4.79 Å². The van der Waals surface area contributed by atoms with Gasteiger partial charge in [-0.05, 0) is 35.7 Å². The predicted octanol–water partition coefficient (Wildman–Crippen LogP) is 1.36. The Morgan fingerprint density at radius 3 is 3.17 bits per heavy atom. The summed E-state index contributed by atoms with van der Waals surface area (Å²) in [7, 11) is 0. The average molecular weight is 314 g/mol. The number of hydrogen-bond donors (Lipinski definition) is 3. The van der Waals surface area contributed by atoms with E-state index in [9.17, 15) is 4.79 Å². The van der Waals surface area contributed by atoms with Gasteiger partial charge in [0, 0.05) is 19.3 Å². The third-order valence-electron chi connectivity index (χ3n) is 2.68. The van der Waals surface area contributed by atoms with Gasteiger partial charge in [0.15, 0.2) is 0 Å². The molecule has 0 radical (unpaired) electrons. The molecule has 6 nitrogen and oxygen atoms in total. The Labute approximate surface area is 114 Å². The number of rotatable bonds is 4. The zero-order valence-electron chi connectivity index (χ0n) is 10.2. The van der Waals surface area contributed by atoms with Gasteiger partial charge in [0.2, 0.25) is 11.9 Å². The third-order valence-corrected chi connectivity index (χ3v) is 3.26. The Morgan fingerprint density at radius 2 is 2.44 bits per heavy atom. The van der Waals surface area contributed by atoms with Gasteiger partial charge in [0.25, 0.3) is 0 Å². The van der Waals surface area contributed by atoms with Crippen molar-refractivity contribution in [3.05, 3.63) is 10.7 Å². The standard InChI is InChI=1S/C11H16BrN5O/c1-2-13-11-15-6-7(12)9(17-11)16-8-4-3-5-14-10(8)18/h6,8H,2-5H2,1H3,(H,14,18)(H2,13,15,16,17). The van der Waals surface area contributed by atoms with Crippen molar-refractivity contribution in [2.75, 3.05) is 23.7 Å². The van der Waals surface area contributed by atoms with Crippen molar-refractivity contribution >= 4 is 33.6 Å². The maximum atomic E-state index is 11.7. The number of amides is 1. The molecule has 1 fully saturated rings. The van der Waals surface area contributed by atoms with E-state index in [4.69, 9.17) is 0 Å². The molecule has 2 heterocycles. The molecular weight excluding hydrogens is 298 g/mol. The maximum absolute atomic E-state index is 11.7. The van der Waals surface area contributed by atoms with Crippen LogP contribution in [0.4, 0.5) is 11.8 Å². The molecule has 2 rings (SSSR count). The second-order valence-electron chi connectivity index (χ2n) is 4.05. The van der Waals surface area contributed by atoms with Gasteiger partial charge in [-0.25, -0.2) is 4.98 Å². The molecule has 1 saturated heterocycles. The lowest BCUT2D eigenvalue weighted by Crippen LogP contribution is -2.44. The highest BCUT2D eigenvalue weighted by Gasteiger charge is 2.22. The fourth-order valence-electron chi connectivity index (χ4n) is 1.79. The maximum Gasteiger partial charge on any atom is 0.242 e. The Morgan fingerprint density at radius 1 is 1.61 bits per heavy atom. The SMILES string of the molecule is CCNc1ncc(Br)c(NC2CCCNC2=O)n1. The van der Waals surface area contributed by atoms with E-state index < -0.39 is 0 Å². The topological polar surface area (TPSA) is 78.9 Å². The molecule has 1 atom stereocenters. The van der Waals surface area contributed by atoms with E-state index >= 15 is 0 Å². The molecule has 0 spiro atoms. The van der Waals surface area contributed by atoms with Gasteiger partial charge in [0.1, 0.15) is 11.9 Å². The van der Waals surface area contributed by atoms with Crippen molar-refractivity contribution < 1.29 is 4.79 Å². The summed E-state index contributed by atoms with van der Waals surface area (Å²) >= 11 is 3.38. The molecule has 1 aliphatic heterocycles. The van der Waals surface area contributed by atoms with Gasteiger partial charge in [0.05, 0.1) is 4.47 Å². The molecular formula is C11H16BrN5O. The van der Waals surface area contributed by atoms with Crippen LogP contribution in [0, 0.1) is 0 Å². The Balaban J connectivity index is 2.11. The number of hydrogen-bond acceptors (Lipinski definition) is 5. The second kappa shape index (κ2) is 5.99. The highest BCUT2D eigenvalue weighted by atomic mass is 79.9. The first-order chi connectivity index (χ1) is 8.70. The van der Waals surface area contributed by atoms with Crippen LogP contribution in [0.25, 0.3) is 0 Å². The van der Waals surface area contributed by atoms with Crippen LogP contribution in [0.2, 0.25) is 0 Å². The molecule has 7 heteroatoms. The minimum absolute atomic E-state index is 0.0248. The van der Waals surface area contributed by atoms with E-state index in [2.05, 4.69) is 41.8 Å². The van der Waals surface area contributed by atoms with Gasteiger partial charge in [-0.2, -0.15) is 4.98 Å². The highest BCUT2D eigenvalue weighted by Crippen LogP contribution is 2.22. The van der Waals surface area contributed by atoms with Crippen LogP contribution in [0.15, 0.2) is 10.7 Å². The molecule has 0 saturated carbocycles. The first kappa shape index (κ1) is 13.1. The predicted molar refractivity (Wildman–Crippen MR) is 73.6 cm³/mol. The molecule has 3 N–H and O–H groups in total. The summed E-state index contributed by atoms with van der Waals surface area (Å²) < 4.78 is 0.752. The summed E-state index contributed by atoms with van der Waals surface area (Å²) in [6.45, 7) is 3.49. The van der Waals surface area contributed by atoms with E-state index in [-0.39, 0.29) is 11.9 Å². The van der Waals surface area contributed by atoms with Crippen molar-refractivity contribution in [1.82, 2.24) is 15.3 Å². The van der Waals surface area contributed by atoms with Crippen molar-refractivity contribution in [2.45, 2.75) is 25.8 Å². The number of halogens is 1. The number of nitrogens with zero attached hydrogens (tertiary/aromatic N) is 2. The minimum atomic E-state index is -0.223. The fourth-order valence-corrected chi connectivity index (χ4v) is 2.09. The third kappa shape index (κ3) is 3.10. The number of carbonyl (C=O) groups excluding carboxylic acids is 1. The summed E-state index contributed by atoms with van der Waals surface area (Å²) in [5.74, 6) is 1.22. The lowest BCUT2D eigenvalue weighted by molar-refractivity contribution is -0.123. The second-order valence-corrected chi connectivity index (χ2v) is 4.90. The molecule has 0 bridgehead atoms. The molecule has 1 aliphatic rings. The molecule has 0 aliphatic carbocycles. The number of aromatic nitrogens is 2. The Hall–Kier alpha value is -1.37. The zero-order chi connectivity index (χ0) is 13.0. The van der Waals surface area contributed by atoms with Gasteiger partial charge in [-0.1, -0.05) is 0 Å². The van der Waals surface area contributed by atoms with E-state index in [0.717, 1.165) is 30.4 Å². The lowest BCUT2D eigenvalue weighted by Gasteiger charge is -2.23. The van der Waals surface area contributed by atoms with Crippen molar-refractivity contribution in [3.63, 3.8) is 0 Å². The average Bonchev–Trinajstić information content (AvgIpc) is 2.36. The number of anilines is 2. The Bertz CT molecular complexity index is 439. The number of nitrogens with one attached hydrogen (secondary N) is 3. The smallest absolute Gasteiger partial charge is 0.242 e. The highest BCUT2D eigenvalue weighted by molar-refractivity contribution is 9.10. The first-order valence-corrected chi connectivity index (χ1v) is 6.80. The van der Waals surface area contributed by atoms with Crippen LogP contribution in [0.1, 0.15) is 19.8 Å². The molecule has 1 unspecified atom stereocenters. The summed E-state index contributed by atoms with van der Waals surface area (Å²) in [6, 6.07) is -0.223. The van der Waals surface area contributed by atoms with Crippen LogP contribution in [-0.4, -0.2) is 35.0 Å². The van der Waals surface area contributed by atoms with Crippen molar-refractivity contribution in [1.29, 1.82) is 0 Å². The fraction of sp³-hybridized carbons (Fsp3) is 0.545. The van der Waals surface area contributed by atoms with Crippen molar-refractivity contribution in [3.8, 4) is 0 Å². The summed E-state index contributed by atoms with van der Waals surface area (Å²) in [5.41, 5.74) is 0. The molecule has 18 heavy (non-hydrogen) atoms. The summed E-state index contributed by atoms with van der Waals surface area (Å²) in [4.78, 5) is 20.1. The van der Waals surface area contributed by atoms with E-state index in [1.54, 1.807) is 6.20 Å². The Kier molecular flexibility index (Phi) is 4.35. The van der Waals surface area contributed by atoms with Crippen LogP contribution in [0.3, 0.4) is 0 Å². The van der Waals surface area contributed by atoms with E-state index in [1.807, 2.05) is 6.92 Å². The molecule has 1 aromatic heterocycles. The van der Waals surface area contributed by atoms with E-state index in [1.165, 1.54) is 0 Å². The quantitative estimate of drug-likeness (QED) is 0.782. The molecule has 1 amide bonds. The van der Waals surface area contributed by atoms with Crippen molar-refractivity contribution in [2.24, 2.45) is 0 Å². The minimum Gasteiger partial charge on any atom is -0.357 e. The number of carbonyl (C=O) groups is 1. The summed E-state index contributed by atoms with van der Waals surface area (Å²) in [6.07, 6.45) is 3.47. The largest absolute Gasteiger partial charge is 0.357 e. The van der Waals surface area contributed by atoms with Gasteiger partial charge < -0.3 is 16.0 Å². The number of piperidine rings is 1. The van der Waals surface area contributed by atoms with Crippen LogP contribution >= 0.6 is 15.9 Å². The summed E-state index contributed by atoms with van der Waals surface area (Å²) in [5, 5.41) is 9.02. The van der Waals surface area contributed by atoms with Gasteiger partial charge in [-0.15, -0.1) is 0 Å². The molecule has 98 valence electrons. The van der Waals surface area contributed by atoms with E-state index in [0.29, 0.717) is 11.8 Å². The monoisotopic (exact) mass is 313 g/mol. The van der Waals surface area contributed by atoms with Gasteiger partial charge in [-0.3, -0.25) is 4.79 Å². The molecule has 0 aromatic carbocycles. The lowest BCUT2D eigenvalue weighted by atomic mass is 10.1.